The number of carbonyl (C=O) groups excluding carboxylic acids is 2. The molecule has 1 fully saturated rings. The SMILES string of the molecule is COC(=O)[C@@H]1OC(CC[N+](=O)[O-])(c2ccc(Cl)cc2)O[C@H]1C(=O)OC. The molecule has 0 saturated carbocycles. The standard InChI is InChI=1S/C15H16ClNO8/c1-22-13(18)11-12(14(19)23-2)25-15(24-11,7-8-17(20)21)9-3-5-10(16)6-4-9/h3-6,11-12H,7-8H2,1-2H3/t11-,12-/m1/s1. The quantitative estimate of drug-likeness (QED) is 0.416. The normalized spacial score (nSPS) is 21.6. The molecule has 0 amide bonds. The first-order chi connectivity index (χ1) is 11.8. The maximum atomic E-state index is 12.0. The second-order valence-corrected chi connectivity index (χ2v) is 5.63. The Morgan fingerprint density at radius 2 is 1.64 bits per heavy atom. The van der Waals surface area contributed by atoms with Gasteiger partial charge >= 0.3 is 11.9 Å². The Morgan fingerprint density at radius 1 is 1.16 bits per heavy atom. The third kappa shape index (κ3) is 4.06. The van der Waals surface area contributed by atoms with Gasteiger partial charge in [0.25, 0.3) is 0 Å². The monoisotopic (exact) mass is 373 g/mol. The number of halogens is 1. The summed E-state index contributed by atoms with van der Waals surface area (Å²) < 4.78 is 20.6. The highest BCUT2D eigenvalue weighted by molar-refractivity contribution is 6.30. The summed E-state index contributed by atoms with van der Waals surface area (Å²) in [5.74, 6) is -3.39. The highest BCUT2D eigenvalue weighted by atomic mass is 35.5. The van der Waals surface area contributed by atoms with Crippen molar-refractivity contribution in [2.45, 2.75) is 24.4 Å². The van der Waals surface area contributed by atoms with Crippen LogP contribution in [0.2, 0.25) is 5.02 Å². The minimum Gasteiger partial charge on any atom is -0.467 e. The molecule has 1 aromatic carbocycles. The lowest BCUT2D eigenvalue weighted by molar-refractivity contribution is -0.487. The molecule has 1 aromatic rings. The summed E-state index contributed by atoms with van der Waals surface area (Å²) in [4.78, 5) is 34.2. The average Bonchev–Trinajstić information content (AvgIpc) is 3.00. The molecule has 0 bridgehead atoms. The van der Waals surface area contributed by atoms with Crippen molar-refractivity contribution < 1.29 is 33.5 Å². The zero-order valence-corrected chi connectivity index (χ0v) is 14.2. The van der Waals surface area contributed by atoms with E-state index < -0.39 is 41.4 Å². The van der Waals surface area contributed by atoms with Gasteiger partial charge in [-0.3, -0.25) is 10.1 Å². The summed E-state index contributed by atoms with van der Waals surface area (Å²) in [6, 6.07) is 6.15. The first-order valence-corrected chi connectivity index (χ1v) is 7.60. The summed E-state index contributed by atoms with van der Waals surface area (Å²) in [5, 5.41) is 11.2. The molecule has 1 aliphatic heterocycles. The summed E-state index contributed by atoms with van der Waals surface area (Å²) >= 11 is 5.86. The van der Waals surface area contributed by atoms with Crippen LogP contribution in [0.25, 0.3) is 0 Å². The van der Waals surface area contributed by atoms with Gasteiger partial charge in [0.2, 0.25) is 12.3 Å². The molecule has 9 nitrogen and oxygen atoms in total. The predicted octanol–water partition coefficient (Wildman–Crippen LogP) is 1.29. The topological polar surface area (TPSA) is 114 Å². The average molecular weight is 374 g/mol. The van der Waals surface area contributed by atoms with Crippen LogP contribution in [0.5, 0.6) is 0 Å². The van der Waals surface area contributed by atoms with Crippen molar-refractivity contribution in [3.8, 4) is 0 Å². The number of nitrogens with zero attached hydrogens (tertiary/aromatic N) is 1. The van der Waals surface area contributed by atoms with Gasteiger partial charge < -0.3 is 18.9 Å². The predicted molar refractivity (Wildman–Crippen MR) is 83.4 cm³/mol. The number of hydrogen-bond acceptors (Lipinski definition) is 8. The number of methoxy groups -OCH3 is 2. The minimum absolute atomic E-state index is 0.234. The minimum atomic E-state index is -1.69. The van der Waals surface area contributed by atoms with Gasteiger partial charge in [0, 0.05) is 15.5 Å². The van der Waals surface area contributed by atoms with Crippen LogP contribution in [0.4, 0.5) is 0 Å². The Bertz CT molecular complexity index is 638. The zero-order chi connectivity index (χ0) is 18.6. The van der Waals surface area contributed by atoms with E-state index in [4.69, 9.17) is 21.1 Å². The van der Waals surface area contributed by atoms with Crippen LogP contribution in [0.1, 0.15) is 12.0 Å². The number of nitro groups is 1. The van der Waals surface area contributed by atoms with E-state index in [-0.39, 0.29) is 6.42 Å². The molecule has 0 aromatic heterocycles. The molecule has 1 saturated heterocycles. The van der Waals surface area contributed by atoms with Gasteiger partial charge in [-0.15, -0.1) is 0 Å². The molecular weight excluding hydrogens is 358 g/mol. The lowest BCUT2D eigenvalue weighted by atomic mass is 10.0. The number of rotatable bonds is 6. The molecule has 0 radical (unpaired) electrons. The third-order valence-corrected chi connectivity index (χ3v) is 3.94. The van der Waals surface area contributed by atoms with E-state index in [2.05, 4.69) is 9.47 Å². The van der Waals surface area contributed by atoms with Gasteiger partial charge in [-0.05, 0) is 12.1 Å². The smallest absolute Gasteiger partial charge is 0.338 e. The van der Waals surface area contributed by atoms with Crippen LogP contribution in [0.3, 0.4) is 0 Å². The van der Waals surface area contributed by atoms with E-state index in [9.17, 15) is 19.7 Å². The Morgan fingerprint density at radius 3 is 2.04 bits per heavy atom. The Labute approximate surface area is 147 Å². The first kappa shape index (κ1) is 19.1. The molecular formula is C15H16ClNO8. The maximum absolute atomic E-state index is 12.0. The number of ether oxygens (including phenoxy) is 4. The second kappa shape index (κ2) is 7.77. The molecule has 10 heteroatoms. The number of esters is 2. The van der Waals surface area contributed by atoms with Crippen molar-refractivity contribution >= 4 is 23.5 Å². The van der Waals surface area contributed by atoms with Crippen LogP contribution in [-0.2, 0) is 34.3 Å². The van der Waals surface area contributed by atoms with E-state index in [1.807, 2.05) is 0 Å². The molecule has 0 unspecified atom stereocenters. The van der Waals surface area contributed by atoms with Gasteiger partial charge in [0.05, 0.1) is 20.6 Å². The summed E-state index contributed by atoms with van der Waals surface area (Å²) in [5.41, 5.74) is 0.374. The number of benzene rings is 1. The van der Waals surface area contributed by atoms with E-state index in [0.717, 1.165) is 14.2 Å². The Hall–Kier alpha value is -2.23. The van der Waals surface area contributed by atoms with Gasteiger partial charge in [0.1, 0.15) is 0 Å². The van der Waals surface area contributed by atoms with Crippen LogP contribution >= 0.6 is 11.6 Å². The maximum Gasteiger partial charge on any atom is 0.338 e. The van der Waals surface area contributed by atoms with Crippen molar-refractivity contribution in [1.82, 2.24) is 0 Å². The Kier molecular flexibility index (Phi) is 5.93. The third-order valence-electron chi connectivity index (χ3n) is 3.68. The largest absolute Gasteiger partial charge is 0.467 e. The van der Waals surface area contributed by atoms with E-state index in [1.54, 1.807) is 0 Å². The van der Waals surface area contributed by atoms with Crippen molar-refractivity contribution in [3.05, 3.63) is 45.0 Å². The van der Waals surface area contributed by atoms with Gasteiger partial charge in [-0.1, -0.05) is 23.7 Å². The highest BCUT2D eigenvalue weighted by Crippen LogP contribution is 2.41. The number of carbonyl (C=O) groups is 2. The van der Waals surface area contributed by atoms with E-state index >= 15 is 0 Å². The molecule has 2 atom stereocenters. The lowest BCUT2D eigenvalue weighted by Crippen LogP contribution is -2.38. The molecule has 136 valence electrons. The summed E-state index contributed by atoms with van der Waals surface area (Å²) in [6.07, 6.45) is -3.07. The van der Waals surface area contributed by atoms with Crippen molar-refractivity contribution in [2.75, 3.05) is 20.8 Å². The molecule has 25 heavy (non-hydrogen) atoms. The summed E-state index contributed by atoms with van der Waals surface area (Å²) in [6.45, 7) is -0.510. The zero-order valence-electron chi connectivity index (χ0n) is 13.5. The molecule has 0 spiro atoms. The van der Waals surface area contributed by atoms with Crippen molar-refractivity contribution in [1.29, 1.82) is 0 Å². The van der Waals surface area contributed by atoms with Crippen LogP contribution in [-0.4, -0.2) is 49.8 Å². The van der Waals surface area contributed by atoms with E-state index in [0.29, 0.717) is 10.6 Å². The lowest BCUT2D eigenvalue weighted by Gasteiger charge is -2.27. The van der Waals surface area contributed by atoms with Crippen LogP contribution in [0.15, 0.2) is 24.3 Å². The fourth-order valence-electron chi connectivity index (χ4n) is 2.48. The van der Waals surface area contributed by atoms with Crippen LogP contribution in [0, 0.1) is 10.1 Å². The fraction of sp³-hybridized carbons (Fsp3) is 0.467. The van der Waals surface area contributed by atoms with Crippen LogP contribution < -0.4 is 0 Å². The van der Waals surface area contributed by atoms with E-state index in [1.165, 1.54) is 24.3 Å². The Balaban J connectivity index is 2.44. The first-order valence-electron chi connectivity index (χ1n) is 7.22. The molecule has 1 heterocycles. The molecule has 2 rings (SSSR count). The molecule has 0 aliphatic carbocycles. The number of hydrogen-bond donors (Lipinski definition) is 0. The molecule has 1 aliphatic rings. The summed E-state index contributed by atoms with van der Waals surface area (Å²) in [7, 11) is 2.25. The van der Waals surface area contributed by atoms with Crippen molar-refractivity contribution in [2.24, 2.45) is 0 Å². The fourth-order valence-corrected chi connectivity index (χ4v) is 2.60. The molecule has 0 N–H and O–H groups in total. The van der Waals surface area contributed by atoms with Gasteiger partial charge in [-0.2, -0.15) is 0 Å². The second-order valence-electron chi connectivity index (χ2n) is 5.19. The van der Waals surface area contributed by atoms with Gasteiger partial charge in [0.15, 0.2) is 12.2 Å². The highest BCUT2D eigenvalue weighted by Gasteiger charge is 2.56. The van der Waals surface area contributed by atoms with Gasteiger partial charge in [-0.25, -0.2) is 9.59 Å². The van der Waals surface area contributed by atoms with Crippen molar-refractivity contribution in [3.63, 3.8) is 0 Å².